The molecule has 0 N–H and O–H groups in total. The summed E-state index contributed by atoms with van der Waals surface area (Å²) in [5, 5.41) is 0. The summed E-state index contributed by atoms with van der Waals surface area (Å²) < 4.78 is 16.0. The average Bonchev–Trinajstić information content (AvgIpc) is 2.96. The minimum Gasteiger partial charge on any atom is -0.493 e. The van der Waals surface area contributed by atoms with E-state index in [2.05, 4.69) is 4.99 Å². The molecule has 2 aromatic rings. The van der Waals surface area contributed by atoms with Crippen LogP contribution >= 0.6 is 0 Å². The quantitative estimate of drug-likeness (QED) is 0.776. The van der Waals surface area contributed by atoms with Crippen molar-refractivity contribution in [2.24, 2.45) is 4.99 Å². The molecule has 0 spiro atoms. The molecule has 134 valence electrons. The smallest absolute Gasteiger partial charge is 0.277 e. The second-order valence-corrected chi connectivity index (χ2v) is 5.65. The molecule has 1 aliphatic heterocycles. The van der Waals surface area contributed by atoms with Gasteiger partial charge in [0.1, 0.15) is 11.5 Å². The molecule has 0 saturated carbocycles. The van der Waals surface area contributed by atoms with Crippen molar-refractivity contribution in [1.82, 2.24) is 4.90 Å². The van der Waals surface area contributed by atoms with E-state index >= 15 is 0 Å². The molecule has 0 aliphatic carbocycles. The van der Waals surface area contributed by atoms with Gasteiger partial charge in [-0.3, -0.25) is 9.69 Å². The summed E-state index contributed by atoms with van der Waals surface area (Å²) in [6.07, 6.45) is 1.71. The molecule has 2 aromatic carbocycles. The van der Waals surface area contributed by atoms with Crippen LogP contribution in [-0.2, 0) is 4.79 Å². The van der Waals surface area contributed by atoms with Gasteiger partial charge in [-0.05, 0) is 23.8 Å². The molecule has 6 heteroatoms. The third kappa shape index (κ3) is 3.13. The van der Waals surface area contributed by atoms with E-state index in [9.17, 15) is 4.79 Å². The van der Waals surface area contributed by atoms with E-state index in [4.69, 9.17) is 14.2 Å². The third-order valence-electron chi connectivity index (χ3n) is 4.09. The number of ether oxygens (including phenoxy) is 3. The highest BCUT2D eigenvalue weighted by Crippen LogP contribution is 2.39. The molecule has 0 radical (unpaired) electrons. The van der Waals surface area contributed by atoms with Crippen LogP contribution in [0.25, 0.3) is 6.08 Å². The maximum atomic E-state index is 12.6. The van der Waals surface area contributed by atoms with Gasteiger partial charge in [-0.15, -0.1) is 0 Å². The van der Waals surface area contributed by atoms with Crippen molar-refractivity contribution < 1.29 is 19.0 Å². The zero-order valence-corrected chi connectivity index (χ0v) is 15.1. The van der Waals surface area contributed by atoms with Crippen LogP contribution < -0.4 is 14.2 Å². The van der Waals surface area contributed by atoms with E-state index in [-0.39, 0.29) is 5.91 Å². The molecular weight excluding hydrogens is 332 g/mol. The first-order valence-corrected chi connectivity index (χ1v) is 8.03. The van der Waals surface area contributed by atoms with Crippen molar-refractivity contribution in [3.63, 3.8) is 0 Å². The predicted octanol–water partition coefficient (Wildman–Crippen LogP) is 2.97. The summed E-state index contributed by atoms with van der Waals surface area (Å²) in [7, 11) is 6.36. The molecular formula is C20H20N2O4. The number of carbonyl (C=O) groups is 1. The van der Waals surface area contributed by atoms with E-state index in [1.54, 1.807) is 51.5 Å². The number of hydrogen-bond donors (Lipinski definition) is 0. The minimum atomic E-state index is -0.169. The zero-order chi connectivity index (χ0) is 18.7. The molecule has 0 saturated heterocycles. The van der Waals surface area contributed by atoms with Crippen molar-refractivity contribution >= 4 is 17.8 Å². The number of amidine groups is 1. The van der Waals surface area contributed by atoms with Gasteiger partial charge in [0, 0.05) is 12.6 Å². The Hall–Kier alpha value is -3.28. The Morgan fingerprint density at radius 2 is 1.58 bits per heavy atom. The van der Waals surface area contributed by atoms with Crippen LogP contribution in [0.5, 0.6) is 17.2 Å². The standard InChI is InChI=1S/C20H20N2O4/c1-22-19(14-8-6-5-7-9-14)21-15(20(22)23)10-13-11-16(24-2)18(26-4)17(12-13)25-3/h5-12H,1-4H3/b15-10+. The topological polar surface area (TPSA) is 60.4 Å². The van der Waals surface area contributed by atoms with Gasteiger partial charge in [0.2, 0.25) is 5.75 Å². The molecule has 6 nitrogen and oxygen atoms in total. The van der Waals surface area contributed by atoms with Gasteiger partial charge in [0.05, 0.1) is 21.3 Å². The lowest BCUT2D eigenvalue weighted by molar-refractivity contribution is -0.121. The molecule has 0 bridgehead atoms. The Labute approximate surface area is 152 Å². The number of hydrogen-bond acceptors (Lipinski definition) is 5. The number of nitrogens with zero attached hydrogens (tertiary/aromatic N) is 2. The normalized spacial score (nSPS) is 15.2. The number of methoxy groups -OCH3 is 3. The number of rotatable bonds is 5. The second-order valence-electron chi connectivity index (χ2n) is 5.65. The Morgan fingerprint density at radius 3 is 2.12 bits per heavy atom. The van der Waals surface area contributed by atoms with E-state index in [1.807, 2.05) is 30.3 Å². The molecule has 0 atom stereocenters. The van der Waals surface area contributed by atoms with Crippen LogP contribution in [0.4, 0.5) is 0 Å². The molecule has 0 aromatic heterocycles. The van der Waals surface area contributed by atoms with Gasteiger partial charge < -0.3 is 14.2 Å². The second kappa shape index (κ2) is 7.31. The molecule has 1 aliphatic rings. The average molecular weight is 352 g/mol. The summed E-state index contributed by atoms with van der Waals surface area (Å²) in [4.78, 5) is 18.6. The van der Waals surface area contributed by atoms with Crippen molar-refractivity contribution in [3.05, 3.63) is 59.3 Å². The van der Waals surface area contributed by atoms with E-state index in [0.717, 1.165) is 11.1 Å². The van der Waals surface area contributed by atoms with E-state index in [0.29, 0.717) is 28.8 Å². The maximum absolute atomic E-state index is 12.6. The van der Waals surface area contributed by atoms with Crippen LogP contribution in [0.1, 0.15) is 11.1 Å². The predicted molar refractivity (Wildman–Crippen MR) is 99.8 cm³/mol. The van der Waals surface area contributed by atoms with Crippen LogP contribution in [0, 0.1) is 0 Å². The first kappa shape index (κ1) is 17.5. The number of aliphatic imine (C=N–C) groups is 1. The summed E-state index contributed by atoms with van der Waals surface area (Å²) >= 11 is 0. The zero-order valence-electron chi connectivity index (χ0n) is 15.1. The molecule has 1 heterocycles. The van der Waals surface area contributed by atoms with Crippen molar-refractivity contribution in [2.75, 3.05) is 28.4 Å². The van der Waals surface area contributed by atoms with E-state index < -0.39 is 0 Å². The summed E-state index contributed by atoms with van der Waals surface area (Å²) in [5.74, 6) is 1.99. The van der Waals surface area contributed by atoms with Gasteiger partial charge in [-0.25, -0.2) is 4.99 Å². The highest BCUT2D eigenvalue weighted by Gasteiger charge is 2.27. The Morgan fingerprint density at radius 1 is 0.962 bits per heavy atom. The third-order valence-corrected chi connectivity index (χ3v) is 4.09. The molecule has 1 amide bonds. The molecule has 0 fully saturated rings. The number of carbonyl (C=O) groups excluding carboxylic acids is 1. The SMILES string of the molecule is COc1cc(/C=C2/N=C(c3ccccc3)N(C)C2=O)cc(OC)c1OC. The van der Waals surface area contributed by atoms with Crippen LogP contribution in [-0.4, -0.2) is 45.0 Å². The van der Waals surface area contributed by atoms with Gasteiger partial charge >= 0.3 is 0 Å². The fourth-order valence-electron chi connectivity index (χ4n) is 2.79. The lowest BCUT2D eigenvalue weighted by Gasteiger charge is -2.13. The van der Waals surface area contributed by atoms with Gasteiger partial charge in [0.25, 0.3) is 5.91 Å². The van der Waals surface area contributed by atoms with Crippen molar-refractivity contribution in [3.8, 4) is 17.2 Å². The lowest BCUT2D eigenvalue weighted by atomic mass is 10.1. The first-order valence-electron chi connectivity index (χ1n) is 8.03. The largest absolute Gasteiger partial charge is 0.493 e. The number of likely N-dealkylation sites (N-methyl/N-ethyl adjacent to an activating group) is 1. The fraction of sp³-hybridized carbons (Fsp3) is 0.200. The minimum absolute atomic E-state index is 0.169. The lowest BCUT2D eigenvalue weighted by Crippen LogP contribution is -2.28. The Bertz CT molecular complexity index is 863. The maximum Gasteiger partial charge on any atom is 0.277 e. The van der Waals surface area contributed by atoms with Crippen molar-refractivity contribution in [2.45, 2.75) is 0 Å². The summed E-state index contributed by atoms with van der Waals surface area (Å²) in [6, 6.07) is 13.1. The molecule has 0 unspecified atom stereocenters. The van der Waals surface area contributed by atoms with Crippen molar-refractivity contribution in [1.29, 1.82) is 0 Å². The molecule has 26 heavy (non-hydrogen) atoms. The van der Waals surface area contributed by atoms with Gasteiger partial charge in [-0.2, -0.15) is 0 Å². The first-order chi connectivity index (χ1) is 12.6. The number of amides is 1. The number of benzene rings is 2. The van der Waals surface area contributed by atoms with Gasteiger partial charge in [0.15, 0.2) is 11.5 Å². The fourth-order valence-corrected chi connectivity index (χ4v) is 2.79. The highest BCUT2D eigenvalue weighted by atomic mass is 16.5. The van der Waals surface area contributed by atoms with Crippen LogP contribution in [0.2, 0.25) is 0 Å². The monoisotopic (exact) mass is 352 g/mol. The molecule has 3 rings (SSSR count). The summed E-state index contributed by atoms with van der Waals surface area (Å²) in [6.45, 7) is 0. The van der Waals surface area contributed by atoms with Crippen LogP contribution in [0.3, 0.4) is 0 Å². The highest BCUT2D eigenvalue weighted by molar-refractivity contribution is 6.19. The van der Waals surface area contributed by atoms with Crippen LogP contribution in [0.15, 0.2) is 53.2 Å². The summed E-state index contributed by atoms with van der Waals surface area (Å²) in [5.41, 5.74) is 1.96. The Balaban J connectivity index is 2.04. The van der Waals surface area contributed by atoms with Gasteiger partial charge in [-0.1, -0.05) is 30.3 Å². The van der Waals surface area contributed by atoms with E-state index in [1.165, 1.54) is 0 Å². The Kier molecular flexibility index (Phi) is 4.93.